The van der Waals surface area contributed by atoms with E-state index in [1.165, 1.54) is 4.90 Å². The summed E-state index contributed by atoms with van der Waals surface area (Å²) >= 11 is 0. The highest BCUT2D eigenvalue weighted by Crippen LogP contribution is 2.54. The van der Waals surface area contributed by atoms with Crippen LogP contribution in [0.4, 0.5) is 5.82 Å². The van der Waals surface area contributed by atoms with Crippen LogP contribution in [0.3, 0.4) is 0 Å². The quantitative estimate of drug-likeness (QED) is 0.769. The lowest BCUT2D eigenvalue weighted by Gasteiger charge is -2.20. The predicted molar refractivity (Wildman–Crippen MR) is 105 cm³/mol. The molecular formula is C21H19N6O3+. The van der Waals surface area contributed by atoms with Crippen LogP contribution in [0.15, 0.2) is 46.7 Å². The number of hydrogen-bond acceptors (Lipinski definition) is 7. The molecule has 3 heterocycles. The Morgan fingerprint density at radius 3 is 2.90 bits per heavy atom. The number of allylic oxidation sites excluding steroid dienone is 6. The lowest BCUT2D eigenvalue weighted by molar-refractivity contribution is -0.120. The lowest BCUT2D eigenvalue weighted by Crippen LogP contribution is -2.47. The Bertz CT molecular complexity index is 1110. The fourth-order valence-corrected chi connectivity index (χ4v) is 3.88. The number of amides is 2. The zero-order valence-electron chi connectivity index (χ0n) is 16.3. The number of carbonyl (C=O) groups excluding carboxylic acids is 2. The normalized spacial score (nSPS) is 21.4. The maximum Gasteiger partial charge on any atom is 0.309 e. The van der Waals surface area contributed by atoms with Crippen LogP contribution < -0.4 is 10.2 Å². The van der Waals surface area contributed by atoms with Crippen molar-refractivity contribution in [3.63, 3.8) is 0 Å². The highest BCUT2D eigenvalue weighted by atomic mass is 16.4. The molecule has 2 amide bonds. The third kappa shape index (κ3) is 3.00. The van der Waals surface area contributed by atoms with Gasteiger partial charge in [0.15, 0.2) is 5.82 Å². The maximum atomic E-state index is 12.8. The number of aromatic nitrogens is 4. The van der Waals surface area contributed by atoms with Crippen LogP contribution >= 0.6 is 0 Å². The first-order valence-corrected chi connectivity index (χ1v) is 9.77. The van der Waals surface area contributed by atoms with Gasteiger partial charge in [-0.2, -0.15) is 0 Å². The summed E-state index contributed by atoms with van der Waals surface area (Å²) in [6, 6.07) is -0.728. The number of carbonyl (C=O) groups is 2. The molecule has 1 fully saturated rings. The molecule has 0 aromatic carbocycles. The van der Waals surface area contributed by atoms with E-state index in [1.54, 1.807) is 19.4 Å². The smallest absolute Gasteiger partial charge is 0.309 e. The maximum absolute atomic E-state index is 12.8. The first-order chi connectivity index (χ1) is 14.6. The van der Waals surface area contributed by atoms with Gasteiger partial charge in [0.1, 0.15) is 18.2 Å². The van der Waals surface area contributed by atoms with Crippen molar-refractivity contribution in [3.05, 3.63) is 65.8 Å². The molecule has 1 saturated carbocycles. The molecule has 1 atom stereocenters. The number of hydrogen-bond donors (Lipinski definition) is 1. The van der Waals surface area contributed by atoms with Crippen molar-refractivity contribution in [2.24, 2.45) is 0 Å². The number of nitrogens with one attached hydrogen (secondary N) is 1. The Morgan fingerprint density at radius 2 is 2.13 bits per heavy atom. The second-order valence-corrected chi connectivity index (χ2v) is 7.57. The third-order valence-electron chi connectivity index (χ3n) is 5.72. The molecule has 9 nitrogen and oxygen atoms in total. The molecule has 0 spiro atoms. The van der Waals surface area contributed by atoms with Gasteiger partial charge in [0.05, 0.1) is 28.8 Å². The minimum absolute atomic E-state index is 0.146. The minimum atomic E-state index is -0.728. The van der Waals surface area contributed by atoms with E-state index in [1.807, 2.05) is 24.3 Å². The molecule has 2 aliphatic carbocycles. The summed E-state index contributed by atoms with van der Waals surface area (Å²) in [7, 11) is 1.62. The molecule has 1 aliphatic heterocycles. The molecule has 1 N–H and O–H groups in total. The Balaban J connectivity index is 1.32. The zero-order valence-corrected chi connectivity index (χ0v) is 16.3. The predicted octanol–water partition coefficient (Wildman–Crippen LogP) is 1.45. The van der Waals surface area contributed by atoms with E-state index in [0.717, 1.165) is 24.1 Å². The Kier molecular flexibility index (Phi) is 4.25. The molecule has 0 saturated heterocycles. The van der Waals surface area contributed by atoms with Gasteiger partial charge in [-0.25, -0.2) is 4.98 Å². The largest absolute Gasteiger partial charge is 0.416 e. The molecule has 2 aromatic rings. The number of likely N-dealkylation sites (N-methyl/N-ethyl adjacent to an activating group) is 1. The number of anilines is 1. The van der Waals surface area contributed by atoms with Crippen LogP contribution in [0.2, 0.25) is 0 Å². The summed E-state index contributed by atoms with van der Waals surface area (Å²) < 4.78 is 5.73. The first kappa shape index (κ1) is 18.3. The van der Waals surface area contributed by atoms with Crippen molar-refractivity contribution in [1.82, 2.24) is 25.5 Å². The molecule has 2 aromatic heterocycles. The van der Waals surface area contributed by atoms with Gasteiger partial charge in [-0.1, -0.05) is 0 Å². The second-order valence-electron chi connectivity index (χ2n) is 7.57. The summed E-state index contributed by atoms with van der Waals surface area (Å²) in [6.45, 7) is 0. The molecule has 0 unspecified atom stereocenters. The average molecular weight is 403 g/mol. The zero-order chi connectivity index (χ0) is 20.7. The van der Waals surface area contributed by atoms with Crippen molar-refractivity contribution >= 4 is 17.6 Å². The fraction of sp³-hybridized carbons (Fsp3) is 0.333. The van der Waals surface area contributed by atoms with Crippen LogP contribution in [0, 0.1) is 6.08 Å². The van der Waals surface area contributed by atoms with Crippen molar-refractivity contribution < 1.29 is 14.0 Å². The van der Waals surface area contributed by atoms with Crippen molar-refractivity contribution in [2.45, 2.75) is 37.1 Å². The topological polar surface area (TPSA) is 114 Å². The fourth-order valence-electron chi connectivity index (χ4n) is 3.88. The van der Waals surface area contributed by atoms with Crippen molar-refractivity contribution in [3.8, 4) is 0 Å². The van der Waals surface area contributed by atoms with Gasteiger partial charge in [0.25, 0.3) is 5.91 Å². The Morgan fingerprint density at radius 1 is 1.30 bits per heavy atom. The Labute approximate surface area is 172 Å². The summed E-state index contributed by atoms with van der Waals surface area (Å²) in [5, 5.41) is 10.8. The van der Waals surface area contributed by atoms with Gasteiger partial charge in [0, 0.05) is 25.5 Å². The van der Waals surface area contributed by atoms with E-state index in [0.29, 0.717) is 24.6 Å². The summed E-state index contributed by atoms with van der Waals surface area (Å²) in [4.78, 5) is 35.5. The monoisotopic (exact) mass is 403 g/mol. The van der Waals surface area contributed by atoms with Gasteiger partial charge in [-0.3, -0.25) is 19.5 Å². The highest BCUT2D eigenvalue weighted by molar-refractivity contribution is 6.01. The second kappa shape index (κ2) is 6.96. The number of aryl methyl sites for hydroxylation is 1. The highest BCUT2D eigenvalue weighted by Gasteiger charge is 2.54. The van der Waals surface area contributed by atoms with Gasteiger partial charge in [0.2, 0.25) is 5.89 Å². The van der Waals surface area contributed by atoms with Crippen LogP contribution in [-0.4, -0.2) is 45.1 Å². The number of fused-ring (bicyclic) bond motifs is 1. The minimum Gasteiger partial charge on any atom is -0.416 e. The molecule has 5 rings (SSSR count). The van der Waals surface area contributed by atoms with E-state index in [4.69, 9.17) is 4.42 Å². The SMILES string of the molecule is CN1C(=O)[C@@H](NC(=O)c2nnc(C3(C4=CC=[C+]C=C4)CC3)o2)CCc2nccnc21. The van der Waals surface area contributed by atoms with Crippen LogP contribution in [0.25, 0.3) is 0 Å². The first-order valence-electron chi connectivity index (χ1n) is 9.77. The summed E-state index contributed by atoms with van der Waals surface area (Å²) in [6.07, 6.45) is 16.4. The van der Waals surface area contributed by atoms with E-state index < -0.39 is 11.9 Å². The summed E-state index contributed by atoms with van der Waals surface area (Å²) in [5.74, 6) is -0.0441. The molecule has 30 heavy (non-hydrogen) atoms. The standard InChI is InChI=1S/C21H18N6O3/c1-27-16-14(22-11-12-23-16)7-8-15(19(27)29)24-17(28)18-25-26-20(30-18)21(9-10-21)13-5-3-2-4-6-13/h3-6,11-12,15H,7-10H2,1H3/p+1/t15-/m0/s1. The van der Waals surface area contributed by atoms with E-state index in [9.17, 15) is 9.59 Å². The van der Waals surface area contributed by atoms with Crippen LogP contribution in [-0.2, 0) is 16.6 Å². The van der Waals surface area contributed by atoms with Gasteiger partial charge >= 0.3 is 11.8 Å². The molecule has 0 bridgehead atoms. The van der Waals surface area contributed by atoms with Gasteiger partial charge < -0.3 is 9.73 Å². The third-order valence-corrected chi connectivity index (χ3v) is 5.72. The number of rotatable bonds is 4. The van der Waals surface area contributed by atoms with E-state index in [2.05, 4.69) is 31.6 Å². The Hall–Kier alpha value is -3.71. The number of nitrogens with zero attached hydrogens (tertiary/aromatic N) is 5. The van der Waals surface area contributed by atoms with Crippen LogP contribution in [0.1, 0.15) is 41.5 Å². The molecule has 0 radical (unpaired) electrons. The lowest BCUT2D eigenvalue weighted by atomic mass is 9.93. The molecule has 3 aliphatic rings. The molecule has 150 valence electrons. The van der Waals surface area contributed by atoms with Crippen LogP contribution in [0.5, 0.6) is 0 Å². The van der Waals surface area contributed by atoms with E-state index in [-0.39, 0.29) is 17.2 Å². The molecular weight excluding hydrogens is 384 g/mol. The molecule has 9 heteroatoms. The van der Waals surface area contributed by atoms with Gasteiger partial charge in [-0.05, 0) is 25.7 Å². The van der Waals surface area contributed by atoms with E-state index >= 15 is 0 Å². The van der Waals surface area contributed by atoms with Crippen molar-refractivity contribution in [1.29, 1.82) is 0 Å². The summed E-state index contributed by atoms with van der Waals surface area (Å²) in [5.41, 5.74) is 1.45. The average Bonchev–Trinajstić information content (AvgIpc) is 3.47. The van der Waals surface area contributed by atoms with Crippen molar-refractivity contribution in [2.75, 3.05) is 11.9 Å². The van der Waals surface area contributed by atoms with Gasteiger partial charge in [-0.15, -0.1) is 10.2 Å².